The highest BCUT2D eigenvalue weighted by Crippen LogP contribution is 2.20. The second kappa shape index (κ2) is 7.46. The van der Waals surface area contributed by atoms with Gasteiger partial charge in [0, 0.05) is 35.2 Å². The Morgan fingerprint density at radius 2 is 1.67 bits per heavy atom. The third-order valence-corrected chi connectivity index (χ3v) is 3.45. The van der Waals surface area contributed by atoms with Gasteiger partial charge in [0.05, 0.1) is 0 Å². The van der Waals surface area contributed by atoms with Gasteiger partial charge in [-0.2, -0.15) is 0 Å². The largest absolute Gasteiger partial charge is 0.333 e. The zero-order chi connectivity index (χ0) is 15.2. The maximum absolute atomic E-state index is 12.6. The van der Waals surface area contributed by atoms with Crippen molar-refractivity contribution in [3.8, 4) is 0 Å². The Kier molecular flexibility index (Phi) is 5.62. The van der Waals surface area contributed by atoms with Crippen molar-refractivity contribution in [2.75, 3.05) is 13.1 Å². The topological polar surface area (TPSA) is 46.3 Å². The second-order valence-electron chi connectivity index (χ2n) is 4.66. The van der Waals surface area contributed by atoms with Crippen molar-refractivity contribution in [3.63, 3.8) is 0 Å². The average molecular weight is 323 g/mol. The number of hydrogen-bond donors (Lipinski definition) is 1. The Balaban J connectivity index is 2.22. The van der Waals surface area contributed by atoms with Crippen LogP contribution in [0.2, 0.25) is 10.0 Å². The van der Waals surface area contributed by atoms with Crippen molar-refractivity contribution in [2.45, 2.75) is 6.54 Å². The molecule has 0 radical (unpaired) electrons. The monoisotopic (exact) mass is 322 g/mol. The molecule has 2 N–H and O–H groups in total. The molecule has 5 heteroatoms. The Labute approximate surface area is 134 Å². The molecule has 2 aromatic rings. The summed E-state index contributed by atoms with van der Waals surface area (Å²) in [5.74, 6) is -0.131. The molecule has 0 aliphatic heterocycles. The number of carbonyl (C=O) groups is 1. The summed E-state index contributed by atoms with van der Waals surface area (Å²) in [6.45, 7) is 1.37. The van der Waals surface area contributed by atoms with Crippen molar-refractivity contribution in [3.05, 3.63) is 69.7 Å². The van der Waals surface area contributed by atoms with E-state index >= 15 is 0 Å². The lowest BCUT2D eigenvalue weighted by molar-refractivity contribution is 0.0748. The predicted octanol–water partition coefficient (Wildman–Crippen LogP) is 3.59. The quantitative estimate of drug-likeness (QED) is 0.914. The van der Waals surface area contributed by atoms with E-state index in [0.717, 1.165) is 5.56 Å². The van der Waals surface area contributed by atoms with E-state index in [1.54, 1.807) is 23.1 Å². The summed E-state index contributed by atoms with van der Waals surface area (Å²) < 4.78 is 0. The molecule has 0 aliphatic carbocycles. The fraction of sp³-hybridized carbons (Fsp3) is 0.188. The number of amides is 1. The minimum absolute atomic E-state index is 0.131. The molecule has 1 amide bonds. The van der Waals surface area contributed by atoms with Crippen LogP contribution in [0.5, 0.6) is 0 Å². The molecule has 2 rings (SSSR count). The SMILES string of the molecule is NCCN(Cc1ccccc1)C(=O)c1cc(Cl)cc(Cl)c1. The van der Waals surface area contributed by atoms with Crippen LogP contribution in [-0.2, 0) is 6.54 Å². The maximum Gasteiger partial charge on any atom is 0.254 e. The van der Waals surface area contributed by atoms with Crippen LogP contribution in [0.25, 0.3) is 0 Å². The Hall–Kier alpha value is -1.55. The van der Waals surface area contributed by atoms with Gasteiger partial charge in [0.2, 0.25) is 0 Å². The highest BCUT2D eigenvalue weighted by atomic mass is 35.5. The van der Waals surface area contributed by atoms with E-state index in [-0.39, 0.29) is 5.91 Å². The summed E-state index contributed by atoms with van der Waals surface area (Å²) in [7, 11) is 0. The molecule has 0 fully saturated rings. The van der Waals surface area contributed by atoms with E-state index in [2.05, 4.69) is 0 Å². The van der Waals surface area contributed by atoms with E-state index in [1.807, 2.05) is 30.3 Å². The van der Waals surface area contributed by atoms with Crippen LogP contribution in [0, 0.1) is 0 Å². The number of carbonyl (C=O) groups excluding carboxylic acids is 1. The first-order valence-electron chi connectivity index (χ1n) is 6.59. The van der Waals surface area contributed by atoms with E-state index in [9.17, 15) is 4.79 Å². The van der Waals surface area contributed by atoms with E-state index in [0.29, 0.717) is 35.2 Å². The number of nitrogens with two attached hydrogens (primary N) is 1. The molecule has 0 aliphatic rings. The predicted molar refractivity (Wildman–Crippen MR) is 86.7 cm³/mol. The summed E-state index contributed by atoms with van der Waals surface area (Å²) in [6, 6.07) is 14.6. The molecule has 0 saturated carbocycles. The summed E-state index contributed by atoms with van der Waals surface area (Å²) in [4.78, 5) is 14.3. The van der Waals surface area contributed by atoms with Gasteiger partial charge in [0.15, 0.2) is 0 Å². The van der Waals surface area contributed by atoms with Gasteiger partial charge in [-0.15, -0.1) is 0 Å². The number of halogens is 2. The molecule has 0 bridgehead atoms. The smallest absolute Gasteiger partial charge is 0.254 e. The van der Waals surface area contributed by atoms with Gasteiger partial charge in [-0.25, -0.2) is 0 Å². The molecule has 110 valence electrons. The molecule has 3 nitrogen and oxygen atoms in total. The van der Waals surface area contributed by atoms with Gasteiger partial charge in [-0.05, 0) is 23.8 Å². The molecular formula is C16H16Cl2N2O. The third kappa shape index (κ3) is 4.46. The highest BCUT2D eigenvalue weighted by Gasteiger charge is 2.16. The third-order valence-electron chi connectivity index (χ3n) is 3.01. The van der Waals surface area contributed by atoms with Gasteiger partial charge in [-0.1, -0.05) is 53.5 Å². The van der Waals surface area contributed by atoms with Gasteiger partial charge in [-0.3, -0.25) is 4.79 Å². The minimum Gasteiger partial charge on any atom is -0.333 e. The first kappa shape index (κ1) is 15.8. The lowest BCUT2D eigenvalue weighted by atomic mass is 10.1. The fourth-order valence-corrected chi connectivity index (χ4v) is 2.60. The molecule has 21 heavy (non-hydrogen) atoms. The standard InChI is InChI=1S/C16H16Cl2N2O/c17-14-8-13(9-15(18)10-14)16(21)20(7-6-19)11-12-4-2-1-3-5-12/h1-5,8-10H,6-7,11,19H2. The first-order valence-corrected chi connectivity index (χ1v) is 7.35. The summed E-state index contributed by atoms with van der Waals surface area (Å²) >= 11 is 11.9. The van der Waals surface area contributed by atoms with E-state index < -0.39 is 0 Å². The average Bonchev–Trinajstić information content (AvgIpc) is 2.46. The number of benzene rings is 2. The van der Waals surface area contributed by atoms with Crippen LogP contribution in [0.15, 0.2) is 48.5 Å². The van der Waals surface area contributed by atoms with Crippen LogP contribution in [0.1, 0.15) is 15.9 Å². The lowest BCUT2D eigenvalue weighted by Gasteiger charge is -2.22. The molecular weight excluding hydrogens is 307 g/mol. The van der Waals surface area contributed by atoms with Crippen LogP contribution in [0.3, 0.4) is 0 Å². The molecule has 0 atom stereocenters. The lowest BCUT2D eigenvalue weighted by Crippen LogP contribution is -2.34. The molecule has 0 aromatic heterocycles. The van der Waals surface area contributed by atoms with Crippen LogP contribution < -0.4 is 5.73 Å². The summed E-state index contributed by atoms with van der Waals surface area (Å²) in [6.07, 6.45) is 0. The zero-order valence-corrected chi connectivity index (χ0v) is 12.9. The molecule has 0 spiro atoms. The van der Waals surface area contributed by atoms with E-state index in [4.69, 9.17) is 28.9 Å². The van der Waals surface area contributed by atoms with Gasteiger partial charge in [0.25, 0.3) is 5.91 Å². The van der Waals surface area contributed by atoms with Gasteiger partial charge >= 0.3 is 0 Å². The number of rotatable bonds is 5. The van der Waals surface area contributed by atoms with E-state index in [1.165, 1.54) is 0 Å². The normalized spacial score (nSPS) is 10.4. The van der Waals surface area contributed by atoms with Crippen LogP contribution in [0.4, 0.5) is 0 Å². The number of nitrogens with zero attached hydrogens (tertiary/aromatic N) is 1. The van der Waals surface area contributed by atoms with Crippen molar-refractivity contribution < 1.29 is 4.79 Å². The highest BCUT2D eigenvalue weighted by molar-refractivity contribution is 6.35. The molecule has 0 saturated heterocycles. The van der Waals surface area contributed by atoms with Crippen molar-refractivity contribution in [1.29, 1.82) is 0 Å². The van der Waals surface area contributed by atoms with Gasteiger partial charge < -0.3 is 10.6 Å². The number of hydrogen-bond acceptors (Lipinski definition) is 2. The Morgan fingerprint density at radius 3 is 2.24 bits per heavy atom. The Morgan fingerprint density at radius 1 is 1.05 bits per heavy atom. The first-order chi connectivity index (χ1) is 10.1. The van der Waals surface area contributed by atoms with Crippen molar-refractivity contribution in [1.82, 2.24) is 4.90 Å². The van der Waals surface area contributed by atoms with Crippen LogP contribution in [-0.4, -0.2) is 23.9 Å². The summed E-state index contributed by atoms with van der Waals surface area (Å²) in [5, 5.41) is 0.886. The van der Waals surface area contributed by atoms with Crippen molar-refractivity contribution in [2.24, 2.45) is 5.73 Å². The molecule has 0 unspecified atom stereocenters. The minimum atomic E-state index is -0.131. The molecule has 2 aromatic carbocycles. The second-order valence-corrected chi connectivity index (χ2v) is 5.53. The van der Waals surface area contributed by atoms with Gasteiger partial charge in [0.1, 0.15) is 0 Å². The maximum atomic E-state index is 12.6. The van der Waals surface area contributed by atoms with Crippen LogP contribution >= 0.6 is 23.2 Å². The zero-order valence-electron chi connectivity index (χ0n) is 11.4. The Bertz CT molecular complexity index is 597. The van der Waals surface area contributed by atoms with Crippen molar-refractivity contribution >= 4 is 29.1 Å². The fourth-order valence-electron chi connectivity index (χ4n) is 2.07. The summed E-state index contributed by atoms with van der Waals surface area (Å²) in [5.41, 5.74) is 7.13. The molecule has 0 heterocycles.